The minimum absolute atomic E-state index is 0.000306. The Morgan fingerprint density at radius 3 is 2.46 bits per heavy atom. The van der Waals surface area contributed by atoms with Gasteiger partial charge in [0, 0.05) is 30.4 Å². The van der Waals surface area contributed by atoms with Crippen LogP contribution >= 0.6 is 0 Å². The number of nitrogens with one attached hydrogen (secondary N) is 2. The predicted molar refractivity (Wildman–Crippen MR) is 108 cm³/mol. The molecule has 1 atom stereocenters. The number of hydrogen-bond donors (Lipinski definition) is 2. The fourth-order valence-electron chi connectivity index (χ4n) is 3.21. The summed E-state index contributed by atoms with van der Waals surface area (Å²) >= 11 is 0. The van der Waals surface area contributed by atoms with Gasteiger partial charge in [-0.25, -0.2) is 4.79 Å². The van der Waals surface area contributed by atoms with Crippen molar-refractivity contribution in [1.82, 2.24) is 5.32 Å². The van der Waals surface area contributed by atoms with Gasteiger partial charge in [-0.1, -0.05) is 6.07 Å². The van der Waals surface area contributed by atoms with E-state index in [1.165, 1.54) is 12.7 Å². The highest BCUT2D eigenvalue weighted by atomic mass is 16.5. The number of rotatable bonds is 5. The van der Waals surface area contributed by atoms with E-state index in [9.17, 15) is 9.59 Å². The number of carbonyl (C=O) groups is 2. The number of methoxy groups -OCH3 is 2. The molecule has 2 aromatic rings. The van der Waals surface area contributed by atoms with Crippen LogP contribution in [-0.2, 0) is 4.79 Å². The molecule has 7 nitrogen and oxygen atoms in total. The Morgan fingerprint density at radius 1 is 1.04 bits per heavy atom. The van der Waals surface area contributed by atoms with Crippen LogP contribution in [0.15, 0.2) is 36.4 Å². The van der Waals surface area contributed by atoms with Gasteiger partial charge in [-0.2, -0.15) is 0 Å². The van der Waals surface area contributed by atoms with Crippen molar-refractivity contribution in [2.24, 2.45) is 0 Å². The molecule has 1 heterocycles. The normalized spacial score (nSPS) is 16.1. The number of amides is 3. The van der Waals surface area contributed by atoms with Crippen molar-refractivity contribution < 1.29 is 19.1 Å². The average Bonchev–Trinajstić information content (AvgIpc) is 3.03. The Labute approximate surface area is 164 Å². The van der Waals surface area contributed by atoms with Crippen molar-refractivity contribution in [2.75, 3.05) is 31.0 Å². The second-order valence-corrected chi connectivity index (χ2v) is 6.84. The van der Waals surface area contributed by atoms with E-state index < -0.39 is 0 Å². The van der Waals surface area contributed by atoms with Crippen molar-refractivity contribution in [2.45, 2.75) is 26.3 Å². The van der Waals surface area contributed by atoms with E-state index in [4.69, 9.17) is 9.47 Å². The summed E-state index contributed by atoms with van der Waals surface area (Å²) in [5, 5.41) is 5.63. The average molecular weight is 383 g/mol. The smallest absolute Gasteiger partial charge is 0.319 e. The first-order valence-electron chi connectivity index (χ1n) is 9.08. The highest BCUT2D eigenvalue weighted by molar-refractivity contribution is 5.97. The maximum atomic E-state index is 12.4. The van der Waals surface area contributed by atoms with Gasteiger partial charge in [0.05, 0.1) is 20.3 Å². The Morgan fingerprint density at radius 2 is 1.79 bits per heavy atom. The van der Waals surface area contributed by atoms with Gasteiger partial charge < -0.3 is 25.0 Å². The van der Waals surface area contributed by atoms with E-state index in [0.717, 1.165) is 11.3 Å². The first-order chi connectivity index (χ1) is 13.4. The van der Waals surface area contributed by atoms with Gasteiger partial charge >= 0.3 is 6.03 Å². The number of urea groups is 1. The molecule has 1 aliphatic heterocycles. The molecule has 0 unspecified atom stereocenters. The van der Waals surface area contributed by atoms with E-state index in [0.29, 0.717) is 23.7 Å². The number of ether oxygens (including phenoxy) is 2. The lowest BCUT2D eigenvalue weighted by Gasteiger charge is -2.18. The molecule has 1 fully saturated rings. The van der Waals surface area contributed by atoms with E-state index in [-0.39, 0.29) is 24.4 Å². The topological polar surface area (TPSA) is 79.9 Å². The van der Waals surface area contributed by atoms with Crippen LogP contribution < -0.4 is 25.0 Å². The SMILES string of the molecule is COc1ccc(NC(=O)N[C@@H]2CC(=O)N(c3ccc(C)c(C)c3)C2)cc1OC. The number of nitrogens with zero attached hydrogens (tertiary/aromatic N) is 1. The van der Waals surface area contributed by atoms with Crippen LogP contribution in [0.5, 0.6) is 11.5 Å². The summed E-state index contributed by atoms with van der Waals surface area (Å²) in [5.41, 5.74) is 3.75. The minimum atomic E-state index is -0.369. The summed E-state index contributed by atoms with van der Waals surface area (Å²) in [7, 11) is 3.09. The van der Waals surface area contributed by atoms with Crippen LogP contribution in [0.1, 0.15) is 17.5 Å². The molecule has 0 aliphatic carbocycles. The monoisotopic (exact) mass is 383 g/mol. The molecule has 3 rings (SSSR count). The van der Waals surface area contributed by atoms with Gasteiger partial charge in [-0.3, -0.25) is 4.79 Å². The fourth-order valence-corrected chi connectivity index (χ4v) is 3.21. The summed E-state index contributed by atoms with van der Waals surface area (Å²) in [6.07, 6.45) is 0.270. The Hall–Kier alpha value is -3.22. The molecule has 1 aliphatic rings. The van der Waals surface area contributed by atoms with Crippen molar-refractivity contribution in [3.05, 3.63) is 47.5 Å². The van der Waals surface area contributed by atoms with Crippen LogP contribution in [-0.4, -0.2) is 38.7 Å². The van der Waals surface area contributed by atoms with Crippen LogP contribution in [0.2, 0.25) is 0 Å². The minimum Gasteiger partial charge on any atom is -0.493 e. The summed E-state index contributed by atoms with van der Waals surface area (Å²) in [6.45, 7) is 4.50. The molecule has 148 valence electrons. The molecule has 0 bridgehead atoms. The fraction of sp³-hybridized carbons (Fsp3) is 0.333. The predicted octanol–water partition coefficient (Wildman–Crippen LogP) is 3.25. The molecule has 0 saturated carbocycles. The standard InChI is InChI=1S/C21H25N3O4/c1-13-5-7-17(9-14(13)2)24-12-16(11-20(24)25)23-21(26)22-15-6-8-18(27-3)19(10-15)28-4/h5-10,16H,11-12H2,1-4H3,(H2,22,23,26)/t16-/m1/s1. The highest BCUT2D eigenvalue weighted by Crippen LogP contribution is 2.30. The van der Waals surface area contributed by atoms with E-state index in [2.05, 4.69) is 10.6 Å². The molecule has 0 spiro atoms. The number of hydrogen-bond acceptors (Lipinski definition) is 4. The molecule has 28 heavy (non-hydrogen) atoms. The molecular formula is C21H25N3O4. The first kappa shape index (κ1) is 19.5. The van der Waals surface area contributed by atoms with Gasteiger partial charge in [0.15, 0.2) is 11.5 Å². The van der Waals surface area contributed by atoms with Crippen molar-refractivity contribution in [3.8, 4) is 11.5 Å². The van der Waals surface area contributed by atoms with E-state index in [1.807, 2.05) is 32.0 Å². The van der Waals surface area contributed by atoms with Crippen molar-refractivity contribution in [1.29, 1.82) is 0 Å². The molecule has 1 saturated heterocycles. The lowest BCUT2D eigenvalue weighted by atomic mass is 10.1. The molecule has 0 aromatic heterocycles. The lowest BCUT2D eigenvalue weighted by molar-refractivity contribution is -0.117. The molecule has 3 amide bonds. The second kappa shape index (κ2) is 8.21. The summed E-state index contributed by atoms with van der Waals surface area (Å²) < 4.78 is 10.4. The second-order valence-electron chi connectivity index (χ2n) is 6.84. The van der Waals surface area contributed by atoms with Crippen LogP contribution in [0.4, 0.5) is 16.2 Å². The van der Waals surface area contributed by atoms with Crippen LogP contribution in [0.3, 0.4) is 0 Å². The maximum Gasteiger partial charge on any atom is 0.319 e. The third-order valence-electron chi connectivity index (χ3n) is 4.90. The summed E-state index contributed by atoms with van der Waals surface area (Å²) in [4.78, 5) is 26.5. The largest absolute Gasteiger partial charge is 0.493 e. The van der Waals surface area contributed by atoms with Crippen molar-refractivity contribution in [3.63, 3.8) is 0 Å². The zero-order chi connectivity index (χ0) is 20.3. The molecule has 2 N–H and O–H groups in total. The van der Waals surface area contributed by atoms with Gasteiger partial charge in [0.1, 0.15) is 0 Å². The van der Waals surface area contributed by atoms with E-state index in [1.54, 1.807) is 30.2 Å². The van der Waals surface area contributed by atoms with Gasteiger partial charge in [0.25, 0.3) is 0 Å². The zero-order valence-corrected chi connectivity index (χ0v) is 16.5. The number of benzene rings is 2. The van der Waals surface area contributed by atoms with Crippen LogP contribution in [0.25, 0.3) is 0 Å². The van der Waals surface area contributed by atoms with Gasteiger partial charge in [0.2, 0.25) is 5.91 Å². The van der Waals surface area contributed by atoms with E-state index >= 15 is 0 Å². The Balaban J connectivity index is 1.62. The maximum absolute atomic E-state index is 12.4. The van der Waals surface area contributed by atoms with Crippen LogP contribution in [0, 0.1) is 13.8 Å². The first-order valence-corrected chi connectivity index (χ1v) is 9.08. The molecule has 7 heteroatoms. The molecular weight excluding hydrogens is 358 g/mol. The van der Waals surface area contributed by atoms with Gasteiger partial charge in [-0.05, 0) is 49.2 Å². The Kier molecular flexibility index (Phi) is 5.73. The van der Waals surface area contributed by atoms with Gasteiger partial charge in [-0.15, -0.1) is 0 Å². The summed E-state index contributed by atoms with van der Waals surface area (Å²) in [5.74, 6) is 1.11. The molecule has 0 radical (unpaired) electrons. The third-order valence-corrected chi connectivity index (χ3v) is 4.90. The zero-order valence-electron chi connectivity index (χ0n) is 16.5. The Bertz CT molecular complexity index is 897. The van der Waals surface area contributed by atoms with Crippen molar-refractivity contribution >= 4 is 23.3 Å². The summed E-state index contributed by atoms with van der Waals surface area (Å²) in [6, 6.07) is 10.4. The highest BCUT2D eigenvalue weighted by Gasteiger charge is 2.31. The number of aryl methyl sites for hydroxylation is 2. The quantitative estimate of drug-likeness (QED) is 0.831. The third kappa shape index (κ3) is 4.19. The lowest BCUT2D eigenvalue weighted by Crippen LogP contribution is -2.39. The number of carbonyl (C=O) groups excluding carboxylic acids is 2. The molecule has 2 aromatic carbocycles. The number of anilines is 2.